The Kier molecular flexibility index (Phi) is 4.57. The van der Waals surface area contributed by atoms with Crippen LogP contribution in [0.1, 0.15) is 39.0 Å². The summed E-state index contributed by atoms with van der Waals surface area (Å²) in [4.78, 5) is 4.24. The Morgan fingerprint density at radius 3 is 2.78 bits per heavy atom. The van der Waals surface area contributed by atoms with E-state index in [-0.39, 0.29) is 0 Å². The molecular weight excluding hydrogens is 269 g/mol. The lowest BCUT2D eigenvalue weighted by Crippen LogP contribution is -2.32. The summed E-state index contributed by atoms with van der Waals surface area (Å²) in [7, 11) is 0. The van der Waals surface area contributed by atoms with Crippen LogP contribution in [0.15, 0.2) is 6.07 Å². The van der Waals surface area contributed by atoms with Gasteiger partial charge < -0.3 is 11.1 Å². The van der Waals surface area contributed by atoms with Crippen LogP contribution in [-0.2, 0) is 0 Å². The number of hydrogen-bond acceptors (Lipinski definition) is 3. The number of pyridine rings is 1. The first kappa shape index (κ1) is 13.8. The first-order valence-electron chi connectivity index (χ1n) is 6.50. The van der Waals surface area contributed by atoms with Gasteiger partial charge in [0.25, 0.3) is 0 Å². The summed E-state index contributed by atoms with van der Waals surface area (Å²) in [5.41, 5.74) is 5.72. The molecule has 5 heteroatoms. The van der Waals surface area contributed by atoms with E-state index in [2.05, 4.69) is 17.2 Å². The van der Waals surface area contributed by atoms with Crippen LogP contribution in [0.2, 0.25) is 10.0 Å². The predicted molar refractivity (Wildman–Crippen MR) is 78.3 cm³/mol. The summed E-state index contributed by atoms with van der Waals surface area (Å²) in [6.07, 6.45) is 6.20. The van der Waals surface area contributed by atoms with Crippen molar-refractivity contribution in [2.75, 3.05) is 11.1 Å². The van der Waals surface area contributed by atoms with Gasteiger partial charge in [-0.25, -0.2) is 4.98 Å². The molecule has 0 radical (unpaired) electrons. The van der Waals surface area contributed by atoms with Gasteiger partial charge in [0.05, 0.1) is 10.0 Å². The second kappa shape index (κ2) is 5.98. The van der Waals surface area contributed by atoms with Gasteiger partial charge in [-0.3, -0.25) is 0 Å². The number of nitrogens with zero attached hydrogens (tertiary/aromatic N) is 1. The number of hydrogen-bond donors (Lipinski definition) is 2. The molecule has 1 heterocycles. The van der Waals surface area contributed by atoms with E-state index in [1.807, 2.05) is 0 Å². The van der Waals surface area contributed by atoms with Crippen LogP contribution in [0.3, 0.4) is 0 Å². The van der Waals surface area contributed by atoms with Gasteiger partial charge >= 0.3 is 0 Å². The zero-order valence-corrected chi connectivity index (χ0v) is 12.1. The molecule has 2 atom stereocenters. The SMILES string of the molecule is CCC1CCCCC1Nc1nc(N)c(Cl)cc1Cl. The van der Waals surface area contributed by atoms with Gasteiger partial charge in [-0.15, -0.1) is 0 Å². The van der Waals surface area contributed by atoms with Gasteiger partial charge in [-0.2, -0.15) is 0 Å². The highest BCUT2D eigenvalue weighted by molar-refractivity contribution is 6.37. The van der Waals surface area contributed by atoms with Crippen LogP contribution in [0, 0.1) is 5.92 Å². The Hall–Kier alpha value is -0.670. The van der Waals surface area contributed by atoms with Crippen molar-refractivity contribution in [2.24, 2.45) is 5.92 Å². The van der Waals surface area contributed by atoms with E-state index >= 15 is 0 Å². The minimum atomic E-state index is 0.326. The second-order valence-electron chi connectivity index (χ2n) is 4.89. The zero-order valence-electron chi connectivity index (χ0n) is 10.5. The Balaban J connectivity index is 2.15. The van der Waals surface area contributed by atoms with E-state index in [4.69, 9.17) is 28.9 Å². The Bertz CT molecular complexity index is 423. The van der Waals surface area contributed by atoms with Gasteiger partial charge in [-0.1, -0.05) is 49.4 Å². The molecule has 3 nitrogen and oxygen atoms in total. The van der Waals surface area contributed by atoms with Gasteiger partial charge in [0, 0.05) is 6.04 Å². The first-order chi connectivity index (χ1) is 8.61. The topological polar surface area (TPSA) is 50.9 Å². The highest BCUT2D eigenvalue weighted by atomic mass is 35.5. The van der Waals surface area contributed by atoms with Crippen LogP contribution in [0.5, 0.6) is 0 Å². The average Bonchev–Trinajstić information content (AvgIpc) is 2.36. The number of anilines is 2. The quantitative estimate of drug-likeness (QED) is 0.869. The molecule has 0 amide bonds. The number of nitrogens with two attached hydrogens (primary N) is 1. The van der Waals surface area contributed by atoms with Gasteiger partial charge in [0.1, 0.15) is 11.6 Å². The minimum Gasteiger partial charge on any atom is -0.382 e. The number of nitrogens with one attached hydrogen (secondary N) is 1. The summed E-state index contributed by atoms with van der Waals surface area (Å²) >= 11 is 12.0. The van der Waals surface area contributed by atoms with Crippen LogP contribution < -0.4 is 11.1 Å². The molecule has 1 aromatic rings. The van der Waals surface area contributed by atoms with Crippen molar-refractivity contribution in [1.29, 1.82) is 0 Å². The molecule has 2 rings (SSSR count). The molecule has 1 saturated carbocycles. The van der Waals surface area contributed by atoms with Crippen LogP contribution in [0.4, 0.5) is 11.6 Å². The third kappa shape index (κ3) is 3.01. The van der Waals surface area contributed by atoms with Crippen LogP contribution >= 0.6 is 23.2 Å². The maximum absolute atomic E-state index is 6.15. The largest absolute Gasteiger partial charge is 0.382 e. The minimum absolute atomic E-state index is 0.326. The fraction of sp³-hybridized carbons (Fsp3) is 0.615. The highest BCUT2D eigenvalue weighted by Gasteiger charge is 2.24. The molecule has 0 aromatic carbocycles. The van der Waals surface area contributed by atoms with Crippen molar-refractivity contribution in [3.05, 3.63) is 16.1 Å². The van der Waals surface area contributed by atoms with Gasteiger partial charge in [-0.05, 0) is 24.8 Å². The molecule has 0 spiro atoms. The summed E-state index contributed by atoms with van der Waals surface area (Å²) < 4.78 is 0. The number of aromatic nitrogens is 1. The van der Waals surface area contributed by atoms with Crippen molar-refractivity contribution in [2.45, 2.75) is 45.1 Å². The lowest BCUT2D eigenvalue weighted by molar-refractivity contribution is 0.317. The average molecular weight is 288 g/mol. The molecule has 100 valence electrons. The van der Waals surface area contributed by atoms with E-state index in [9.17, 15) is 0 Å². The van der Waals surface area contributed by atoms with E-state index in [1.54, 1.807) is 6.07 Å². The number of halogens is 2. The molecule has 1 aliphatic carbocycles. The molecule has 2 unspecified atom stereocenters. The zero-order chi connectivity index (χ0) is 13.1. The number of rotatable bonds is 3. The smallest absolute Gasteiger partial charge is 0.147 e. The lowest BCUT2D eigenvalue weighted by Gasteiger charge is -2.32. The number of nitrogen functional groups attached to an aromatic ring is 1. The lowest BCUT2D eigenvalue weighted by atomic mass is 9.83. The van der Waals surface area contributed by atoms with Crippen LogP contribution in [-0.4, -0.2) is 11.0 Å². The molecule has 1 aliphatic rings. The Labute approximate surface area is 118 Å². The molecule has 1 aromatic heterocycles. The Morgan fingerprint density at radius 2 is 2.06 bits per heavy atom. The standard InChI is InChI=1S/C13H19Cl2N3/c1-2-8-5-3-4-6-11(8)17-13-10(15)7-9(14)12(16)18-13/h7-8,11H,2-6H2,1H3,(H3,16,17,18). The van der Waals surface area contributed by atoms with E-state index in [0.717, 1.165) is 0 Å². The summed E-state index contributed by atoms with van der Waals surface area (Å²) in [5, 5.41) is 4.38. The van der Waals surface area contributed by atoms with Crippen LogP contribution in [0.25, 0.3) is 0 Å². The van der Waals surface area contributed by atoms with E-state index in [0.29, 0.717) is 33.6 Å². The third-order valence-corrected chi connectivity index (χ3v) is 4.30. The van der Waals surface area contributed by atoms with E-state index in [1.165, 1.54) is 32.1 Å². The normalized spacial score (nSPS) is 23.9. The molecule has 1 fully saturated rings. The van der Waals surface area contributed by atoms with Crippen molar-refractivity contribution >= 4 is 34.8 Å². The fourth-order valence-corrected chi connectivity index (χ4v) is 3.06. The maximum atomic E-state index is 6.15. The first-order valence-corrected chi connectivity index (χ1v) is 7.25. The third-order valence-electron chi connectivity index (χ3n) is 3.71. The molecule has 0 bridgehead atoms. The van der Waals surface area contributed by atoms with Crippen molar-refractivity contribution in [3.63, 3.8) is 0 Å². The van der Waals surface area contributed by atoms with Crippen molar-refractivity contribution in [1.82, 2.24) is 4.98 Å². The Morgan fingerprint density at radius 1 is 1.33 bits per heavy atom. The highest BCUT2D eigenvalue weighted by Crippen LogP contribution is 2.32. The predicted octanol–water partition coefficient (Wildman–Crippen LogP) is 4.35. The fourth-order valence-electron chi connectivity index (χ4n) is 2.64. The molecule has 0 saturated heterocycles. The second-order valence-corrected chi connectivity index (χ2v) is 5.70. The summed E-state index contributed by atoms with van der Waals surface area (Å²) in [6.45, 7) is 2.23. The van der Waals surface area contributed by atoms with Gasteiger partial charge in [0.2, 0.25) is 0 Å². The molecule has 0 aliphatic heterocycles. The summed E-state index contributed by atoms with van der Waals surface area (Å²) in [6, 6.07) is 2.09. The maximum Gasteiger partial charge on any atom is 0.147 e. The van der Waals surface area contributed by atoms with Crippen molar-refractivity contribution < 1.29 is 0 Å². The van der Waals surface area contributed by atoms with Gasteiger partial charge in [0.15, 0.2) is 0 Å². The van der Waals surface area contributed by atoms with E-state index < -0.39 is 0 Å². The monoisotopic (exact) mass is 287 g/mol. The molecule has 3 N–H and O–H groups in total. The molecule has 18 heavy (non-hydrogen) atoms. The van der Waals surface area contributed by atoms with Crippen molar-refractivity contribution in [3.8, 4) is 0 Å². The molecular formula is C13H19Cl2N3. The summed E-state index contributed by atoms with van der Waals surface area (Å²) in [5.74, 6) is 1.67.